The molecule has 2 aliphatic heterocycles. The molecule has 6 heteroatoms. The van der Waals surface area contributed by atoms with E-state index in [9.17, 15) is 9.50 Å². The van der Waals surface area contributed by atoms with Gasteiger partial charge in [0.15, 0.2) is 0 Å². The number of aromatic nitrogens is 1. The second kappa shape index (κ2) is 5.96. The SMILES string of the molecule is N#Cc1cc(F)cnc1N1CCN2[C@@H](CO)CCC[C@H]2C1. The predicted molar refractivity (Wildman–Crippen MR) is 76.3 cm³/mol. The number of piperazine rings is 1. The standard InChI is InChI=1S/C15H19FN4O/c16-12-6-11(7-17)15(18-8-12)19-4-5-20-13(9-19)2-1-3-14(20)10-21/h6,8,13-14,21H,1-5,9-10H2/t13-,14+/m0/s1. The van der Waals surface area contributed by atoms with E-state index in [4.69, 9.17) is 5.26 Å². The average Bonchev–Trinajstić information content (AvgIpc) is 2.53. The van der Waals surface area contributed by atoms with Gasteiger partial charge in [-0.05, 0) is 18.9 Å². The van der Waals surface area contributed by atoms with Crippen LogP contribution in [-0.4, -0.2) is 53.3 Å². The second-order valence-electron chi connectivity index (χ2n) is 5.74. The van der Waals surface area contributed by atoms with Gasteiger partial charge in [-0.15, -0.1) is 0 Å². The Bertz CT molecular complexity index is 559. The summed E-state index contributed by atoms with van der Waals surface area (Å²) in [6.45, 7) is 2.58. The summed E-state index contributed by atoms with van der Waals surface area (Å²) in [4.78, 5) is 8.55. The van der Waals surface area contributed by atoms with E-state index in [2.05, 4.69) is 14.8 Å². The first-order valence-corrected chi connectivity index (χ1v) is 7.40. The van der Waals surface area contributed by atoms with E-state index >= 15 is 0 Å². The highest BCUT2D eigenvalue weighted by Gasteiger charge is 2.35. The molecular formula is C15H19FN4O. The van der Waals surface area contributed by atoms with Crippen LogP contribution in [0.4, 0.5) is 10.2 Å². The van der Waals surface area contributed by atoms with E-state index < -0.39 is 5.82 Å². The molecule has 1 N–H and O–H groups in total. The summed E-state index contributed by atoms with van der Waals surface area (Å²) in [6, 6.07) is 3.90. The molecule has 5 nitrogen and oxygen atoms in total. The summed E-state index contributed by atoms with van der Waals surface area (Å²) in [7, 11) is 0. The van der Waals surface area contributed by atoms with Crippen molar-refractivity contribution in [2.45, 2.75) is 31.3 Å². The summed E-state index contributed by atoms with van der Waals surface area (Å²) in [6.07, 6.45) is 4.42. The Hall–Kier alpha value is -1.71. The number of nitrogens with zero attached hydrogens (tertiary/aromatic N) is 4. The lowest BCUT2D eigenvalue weighted by molar-refractivity contribution is 0.0369. The third-order valence-corrected chi connectivity index (χ3v) is 4.54. The summed E-state index contributed by atoms with van der Waals surface area (Å²) in [5.41, 5.74) is 0.290. The van der Waals surface area contributed by atoms with E-state index in [1.807, 2.05) is 6.07 Å². The quantitative estimate of drug-likeness (QED) is 0.884. The zero-order valence-corrected chi connectivity index (χ0v) is 11.9. The zero-order chi connectivity index (χ0) is 14.8. The zero-order valence-electron chi connectivity index (χ0n) is 11.9. The van der Waals surface area contributed by atoms with Gasteiger partial charge in [0.2, 0.25) is 0 Å². The number of anilines is 1. The minimum Gasteiger partial charge on any atom is -0.395 e. The van der Waals surface area contributed by atoms with Gasteiger partial charge in [-0.1, -0.05) is 6.42 Å². The molecule has 0 aromatic carbocycles. The number of fused-ring (bicyclic) bond motifs is 1. The maximum atomic E-state index is 13.2. The van der Waals surface area contributed by atoms with E-state index in [0.717, 1.165) is 38.9 Å². The number of aliphatic hydroxyl groups excluding tert-OH is 1. The Balaban J connectivity index is 1.79. The van der Waals surface area contributed by atoms with Gasteiger partial charge in [0, 0.05) is 31.7 Å². The Kier molecular flexibility index (Phi) is 4.04. The normalized spacial score (nSPS) is 26.2. The van der Waals surface area contributed by atoms with Crippen LogP contribution >= 0.6 is 0 Å². The van der Waals surface area contributed by atoms with Gasteiger partial charge in [-0.3, -0.25) is 4.90 Å². The number of piperidine rings is 1. The maximum absolute atomic E-state index is 13.2. The van der Waals surface area contributed by atoms with Gasteiger partial charge in [0.05, 0.1) is 18.4 Å². The van der Waals surface area contributed by atoms with Crippen molar-refractivity contribution in [3.05, 3.63) is 23.6 Å². The highest BCUT2D eigenvalue weighted by Crippen LogP contribution is 2.29. The number of nitriles is 1. The molecule has 0 radical (unpaired) electrons. The van der Waals surface area contributed by atoms with Crippen molar-refractivity contribution in [3.8, 4) is 6.07 Å². The smallest absolute Gasteiger partial charge is 0.146 e. The third kappa shape index (κ3) is 2.71. The van der Waals surface area contributed by atoms with Crippen LogP contribution in [0.2, 0.25) is 0 Å². The second-order valence-corrected chi connectivity index (χ2v) is 5.74. The fourth-order valence-electron chi connectivity index (χ4n) is 3.52. The topological polar surface area (TPSA) is 63.4 Å². The van der Waals surface area contributed by atoms with Gasteiger partial charge < -0.3 is 10.0 Å². The first kappa shape index (κ1) is 14.2. The van der Waals surface area contributed by atoms with E-state index in [-0.39, 0.29) is 18.2 Å². The van der Waals surface area contributed by atoms with Gasteiger partial charge in [-0.2, -0.15) is 5.26 Å². The first-order valence-electron chi connectivity index (χ1n) is 7.40. The maximum Gasteiger partial charge on any atom is 0.146 e. The number of hydrogen-bond acceptors (Lipinski definition) is 5. The number of aliphatic hydroxyl groups is 1. The molecule has 0 unspecified atom stereocenters. The van der Waals surface area contributed by atoms with Crippen molar-refractivity contribution >= 4 is 5.82 Å². The summed E-state index contributed by atoms with van der Waals surface area (Å²) in [5.74, 6) is 0.0941. The molecule has 21 heavy (non-hydrogen) atoms. The lowest BCUT2D eigenvalue weighted by atomic mass is 9.93. The third-order valence-electron chi connectivity index (χ3n) is 4.54. The van der Waals surface area contributed by atoms with Crippen LogP contribution in [0.15, 0.2) is 12.3 Å². The summed E-state index contributed by atoms with van der Waals surface area (Å²) in [5, 5.41) is 18.6. The Labute approximate surface area is 123 Å². The van der Waals surface area contributed by atoms with Crippen LogP contribution in [0.1, 0.15) is 24.8 Å². The van der Waals surface area contributed by atoms with Gasteiger partial charge in [0.25, 0.3) is 0 Å². The summed E-state index contributed by atoms with van der Waals surface area (Å²) >= 11 is 0. The number of hydrogen-bond donors (Lipinski definition) is 1. The molecule has 2 aliphatic rings. The van der Waals surface area contributed by atoms with Crippen molar-refractivity contribution in [1.82, 2.24) is 9.88 Å². The molecule has 0 amide bonds. The van der Waals surface area contributed by atoms with Crippen molar-refractivity contribution in [2.75, 3.05) is 31.1 Å². The molecule has 2 fully saturated rings. The molecule has 2 atom stereocenters. The molecule has 0 saturated carbocycles. The van der Waals surface area contributed by atoms with Crippen LogP contribution in [0.5, 0.6) is 0 Å². The minimum atomic E-state index is -0.480. The van der Waals surface area contributed by atoms with E-state index in [1.165, 1.54) is 12.3 Å². The number of rotatable bonds is 2. The first-order chi connectivity index (χ1) is 10.2. The number of pyridine rings is 1. The predicted octanol–water partition coefficient (Wildman–Crippen LogP) is 1.13. The van der Waals surface area contributed by atoms with E-state index in [0.29, 0.717) is 11.9 Å². The lowest BCUT2D eigenvalue weighted by Gasteiger charge is -2.48. The van der Waals surface area contributed by atoms with Gasteiger partial charge in [0.1, 0.15) is 17.7 Å². The largest absolute Gasteiger partial charge is 0.395 e. The fourth-order valence-corrected chi connectivity index (χ4v) is 3.52. The highest BCUT2D eigenvalue weighted by molar-refractivity contribution is 5.54. The molecular weight excluding hydrogens is 271 g/mol. The molecule has 2 saturated heterocycles. The monoisotopic (exact) mass is 290 g/mol. The lowest BCUT2D eigenvalue weighted by Crippen LogP contribution is -2.59. The van der Waals surface area contributed by atoms with Gasteiger partial charge >= 0.3 is 0 Å². The van der Waals surface area contributed by atoms with Crippen LogP contribution < -0.4 is 4.90 Å². The van der Waals surface area contributed by atoms with Crippen molar-refractivity contribution in [3.63, 3.8) is 0 Å². The molecule has 0 bridgehead atoms. The van der Waals surface area contributed by atoms with Crippen molar-refractivity contribution in [2.24, 2.45) is 0 Å². The van der Waals surface area contributed by atoms with Crippen LogP contribution in [0.25, 0.3) is 0 Å². The molecule has 0 aliphatic carbocycles. The molecule has 1 aromatic heterocycles. The molecule has 3 rings (SSSR count). The molecule has 0 spiro atoms. The van der Waals surface area contributed by atoms with Crippen molar-refractivity contribution in [1.29, 1.82) is 5.26 Å². The Morgan fingerprint density at radius 3 is 3.05 bits per heavy atom. The van der Waals surface area contributed by atoms with E-state index in [1.54, 1.807) is 0 Å². The molecule has 112 valence electrons. The van der Waals surface area contributed by atoms with Crippen LogP contribution in [-0.2, 0) is 0 Å². The molecule has 1 aromatic rings. The van der Waals surface area contributed by atoms with Crippen molar-refractivity contribution < 1.29 is 9.50 Å². The molecule has 3 heterocycles. The Morgan fingerprint density at radius 1 is 1.43 bits per heavy atom. The highest BCUT2D eigenvalue weighted by atomic mass is 19.1. The van der Waals surface area contributed by atoms with Crippen LogP contribution in [0.3, 0.4) is 0 Å². The van der Waals surface area contributed by atoms with Crippen LogP contribution in [0, 0.1) is 17.1 Å². The van der Waals surface area contributed by atoms with Gasteiger partial charge in [-0.25, -0.2) is 9.37 Å². The summed E-state index contributed by atoms with van der Waals surface area (Å²) < 4.78 is 13.2. The minimum absolute atomic E-state index is 0.203. The average molecular weight is 290 g/mol. The number of halogens is 1. The fraction of sp³-hybridized carbons (Fsp3) is 0.600. The Morgan fingerprint density at radius 2 is 2.29 bits per heavy atom.